The molecule has 0 bridgehead atoms. The monoisotopic (exact) mass is 358 g/mol. The highest BCUT2D eigenvalue weighted by Gasteiger charge is 2.15. The molecule has 2 aromatic carbocycles. The van der Waals surface area contributed by atoms with Crippen LogP contribution in [-0.2, 0) is 10.0 Å². The normalized spacial score (nSPS) is 10.7. The van der Waals surface area contributed by atoms with Crippen molar-refractivity contribution in [3.63, 3.8) is 0 Å². The third kappa shape index (κ3) is 5.04. The van der Waals surface area contributed by atoms with Crippen LogP contribution in [0, 0.1) is 11.3 Å². The number of rotatable bonds is 7. The van der Waals surface area contributed by atoms with Gasteiger partial charge in [-0.05, 0) is 36.4 Å². The van der Waals surface area contributed by atoms with E-state index in [9.17, 15) is 13.2 Å². The summed E-state index contributed by atoms with van der Waals surface area (Å²) in [4.78, 5) is 12.3. The topological polar surface area (TPSA) is 102 Å². The molecule has 0 spiro atoms. The van der Waals surface area contributed by atoms with Crippen molar-refractivity contribution in [3.8, 4) is 6.07 Å². The number of nitrogens with zero attached hydrogens (tertiary/aromatic N) is 2. The summed E-state index contributed by atoms with van der Waals surface area (Å²) in [7, 11) is -1.97. The van der Waals surface area contributed by atoms with Gasteiger partial charge in [0.2, 0.25) is 10.0 Å². The quantitative estimate of drug-likeness (QED) is 0.579. The van der Waals surface area contributed by atoms with E-state index in [1.165, 1.54) is 24.3 Å². The molecular formula is C17H18N4O3S. The van der Waals surface area contributed by atoms with Gasteiger partial charge in [0.1, 0.15) is 0 Å². The van der Waals surface area contributed by atoms with E-state index in [0.29, 0.717) is 5.56 Å². The Morgan fingerprint density at radius 1 is 1.12 bits per heavy atom. The van der Waals surface area contributed by atoms with Crippen molar-refractivity contribution in [3.05, 3.63) is 60.2 Å². The maximum Gasteiger partial charge on any atom is 0.269 e. The van der Waals surface area contributed by atoms with Gasteiger partial charge in [0.05, 0.1) is 16.7 Å². The van der Waals surface area contributed by atoms with Gasteiger partial charge < -0.3 is 0 Å². The van der Waals surface area contributed by atoms with Gasteiger partial charge in [0, 0.05) is 25.6 Å². The maximum atomic E-state index is 12.2. The van der Waals surface area contributed by atoms with Gasteiger partial charge in [0.15, 0.2) is 0 Å². The van der Waals surface area contributed by atoms with Crippen LogP contribution in [0.15, 0.2) is 59.5 Å². The molecule has 1 amide bonds. The third-order valence-corrected chi connectivity index (χ3v) is 4.85. The number of para-hydroxylation sites is 1. The molecule has 2 aromatic rings. The molecule has 0 heterocycles. The first-order chi connectivity index (χ1) is 11.9. The molecule has 0 aliphatic carbocycles. The van der Waals surface area contributed by atoms with Crippen LogP contribution in [0.2, 0.25) is 0 Å². The van der Waals surface area contributed by atoms with E-state index in [2.05, 4.69) is 10.1 Å². The summed E-state index contributed by atoms with van der Waals surface area (Å²) in [5.41, 5.74) is 3.85. The molecule has 0 saturated carbocycles. The van der Waals surface area contributed by atoms with Crippen molar-refractivity contribution in [1.29, 1.82) is 5.26 Å². The van der Waals surface area contributed by atoms with Crippen LogP contribution in [0.4, 0.5) is 5.69 Å². The second kappa shape index (κ2) is 8.28. The summed E-state index contributed by atoms with van der Waals surface area (Å²) >= 11 is 0. The van der Waals surface area contributed by atoms with Crippen LogP contribution in [0.1, 0.15) is 16.8 Å². The summed E-state index contributed by atoms with van der Waals surface area (Å²) in [6.07, 6.45) is 0.0888. The van der Waals surface area contributed by atoms with Crippen LogP contribution >= 0.6 is 0 Å². The number of nitrogens with one attached hydrogen (secondary N) is 2. The molecule has 25 heavy (non-hydrogen) atoms. The van der Waals surface area contributed by atoms with E-state index in [1.807, 2.05) is 36.4 Å². The smallest absolute Gasteiger partial charge is 0.269 e. The standard InChI is InChI=1S/C17H18N4O3S/c1-21(15-6-3-2-4-7-15)20-17(22)14-8-10-16(11-9-14)25(23,24)19-13-5-12-18/h2-4,6-11,19H,5,13H2,1H3,(H,20,22). The van der Waals surface area contributed by atoms with E-state index in [0.717, 1.165) is 5.69 Å². The van der Waals surface area contributed by atoms with Gasteiger partial charge in [-0.3, -0.25) is 15.2 Å². The molecule has 2 N–H and O–H groups in total. The number of hydrogen-bond donors (Lipinski definition) is 2. The van der Waals surface area contributed by atoms with E-state index in [1.54, 1.807) is 12.1 Å². The predicted molar refractivity (Wildman–Crippen MR) is 94.2 cm³/mol. The summed E-state index contributed by atoms with van der Waals surface area (Å²) in [6.45, 7) is 0.0446. The number of carbonyl (C=O) groups is 1. The zero-order chi connectivity index (χ0) is 18.3. The van der Waals surface area contributed by atoms with Gasteiger partial charge >= 0.3 is 0 Å². The number of anilines is 1. The molecule has 0 aliphatic rings. The third-order valence-electron chi connectivity index (χ3n) is 3.37. The Hall–Kier alpha value is -2.89. The minimum Gasteiger partial charge on any atom is -0.288 e. The predicted octanol–water partition coefficient (Wildman–Crippen LogP) is 1.66. The molecule has 0 atom stereocenters. The Kier molecular flexibility index (Phi) is 6.11. The first-order valence-electron chi connectivity index (χ1n) is 7.50. The first kappa shape index (κ1) is 18.4. The first-order valence-corrected chi connectivity index (χ1v) is 8.99. The molecule has 0 saturated heterocycles. The minimum absolute atomic E-state index is 0.0402. The van der Waals surface area contributed by atoms with Gasteiger partial charge in [-0.25, -0.2) is 13.1 Å². The summed E-state index contributed by atoms with van der Waals surface area (Å²) in [5.74, 6) is -0.354. The minimum atomic E-state index is -3.68. The fraction of sp³-hybridized carbons (Fsp3) is 0.176. The molecular weight excluding hydrogens is 340 g/mol. The van der Waals surface area contributed by atoms with E-state index >= 15 is 0 Å². The molecule has 2 rings (SSSR count). The SMILES string of the molecule is CN(NC(=O)c1ccc(S(=O)(=O)NCCC#N)cc1)c1ccccc1. The molecule has 0 aromatic heterocycles. The molecule has 0 fully saturated rings. The van der Waals surface area contributed by atoms with E-state index < -0.39 is 10.0 Å². The highest BCUT2D eigenvalue weighted by molar-refractivity contribution is 7.89. The van der Waals surface area contributed by atoms with Crippen molar-refractivity contribution in [2.45, 2.75) is 11.3 Å². The Bertz CT molecular complexity index is 859. The fourth-order valence-corrected chi connectivity index (χ4v) is 3.07. The number of hydrazine groups is 1. The summed E-state index contributed by atoms with van der Waals surface area (Å²) in [5, 5.41) is 10.0. The lowest BCUT2D eigenvalue weighted by atomic mass is 10.2. The molecule has 0 aliphatic heterocycles. The number of hydrogen-bond acceptors (Lipinski definition) is 5. The van der Waals surface area contributed by atoms with Crippen LogP contribution in [0.3, 0.4) is 0 Å². The lowest BCUT2D eigenvalue weighted by molar-refractivity contribution is 0.0951. The van der Waals surface area contributed by atoms with Crippen LogP contribution in [0.25, 0.3) is 0 Å². The molecule has 0 unspecified atom stereocenters. The van der Waals surface area contributed by atoms with Gasteiger partial charge in [-0.1, -0.05) is 18.2 Å². The van der Waals surface area contributed by atoms with Crippen molar-refractivity contribution in [2.75, 3.05) is 18.6 Å². The zero-order valence-corrected chi connectivity index (χ0v) is 14.5. The Balaban J connectivity index is 2.04. The highest BCUT2D eigenvalue weighted by atomic mass is 32.2. The van der Waals surface area contributed by atoms with Crippen LogP contribution < -0.4 is 15.2 Å². The second-order valence-electron chi connectivity index (χ2n) is 5.17. The number of nitriles is 1. The van der Waals surface area contributed by atoms with E-state index in [-0.39, 0.29) is 23.8 Å². The zero-order valence-electron chi connectivity index (χ0n) is 13.6. The van der Waals surface area contributed by atoms with Crippen molar-refractivity contribution >= 4 is 21.6 Å². The fourth-order valence-electron chi connectivity index (χ4n) is 2.04. The largest absolute Gasteiger partial charge is 0.288 e. The number of amides is 1. The number of carbonyl (C=O) groups excluding carboxylic acids is 1. The average Bonchev–Trinajstić information content (AvgIpc) is 2.62. The summed E-state index contributed by atoms with van der Waals surface area (Å²) in [6, 6.07) is 16.7. The Morgan fingerprint density at radius 3 is 2.36 bits per heavy atom. The summed E-state index contributed by atoms with van der Waals surface area (Å²) < 4.78 is 26.4. The molecule has 7 nitrogen and oxygen atoms in total. The van der Waals surface area contributed by atoms with Crippen LogP contribution in [0.5, 0.6) is 0 Å². The average molecular weight is 358 g/mol. The number of sulfonamides is 1. The van der Waals surface area contributed by atoms with Crippen LogP contribution in [-0.4, -0.2) is 27.9 Å². The van der Waals surface area contributed by atoms with Crippen molar-refractivity contribution in [2.24, 2.45) is 0 Å². The van der Waals surface area contributed by atoms with Crippen molar-refractivity contribution < 1.29 is 13.2 Å². The van der Waals surface area contributed by atoms with Gasteiger partial charge in [-0.15, -0.1) is 0 Å². The van der Waals surface area contributed by atoms with Gasteiger partial charge in [0.25, 0.3) is 5.91 Å². The number of benzene rings is 2. The van der Waals surface area contributed by atoms with E-state index in [4.69, 9.17) is 5.26 Å². The van der Waals surface area contributed by atoms with Gasteiger partial charge in [-0.2, -0.15) is 5.26 Å². The molecule has 8 heteroatoms. The molecule has 0 radical (unpaired) electrons. The van der Waals surface area contributed by atoms with Crippen molar-refractivity contribution in [1.82, 2.24) is 10.1 Å². The Labute approximate surface area is 146 Å². The lowest BCUT2D eigenvalue weighted by Gasteiger charge is -2.20. The molecule has 130 valence electrons. The second-order valence-corrected chi connectivity index (χ2v) is 6.93. The Morgan fingerprint density at radius 2 is 1.76 bits per heavy atom. The lowest BCUT2D eigenvalue weighted by Crippen LogP contribution is -2.39. The maximum absolute atomic E-state index is 12.2. The highest BCUT2D eigenvalue weighted by Crippen LogP contribution is 2.12.